The second-order valence-electron chi connectivity index (χ2n) is 9.77. The Labute approximate surface area is 245 Å². The summed E-state index contributed by atoms with van der Waals surface area (Å²) in [6.45, 7) is 2.42. The summed E-state index contributed by atoms with van der Waals surface area (Å²) in [5.74, 6) is -0.776. The molecule has 10 nitrogen and oxygen atoms in total. The fraction of sp³-hybridized carbons (Fsp3) is 0.333. The van der Waals surface area contributed by atoms with Gasteiger partial charge in [0.2, 0.25) is 0 Å². The van der Waals surface area contributed by atoms with E-state index in [0.29, 0.717) is 29.0 Å². The number of imidazole rings is 1. The number of carbonyl (C=O) groups excluding carboxylic acids is 1. The van der Waals surface area contributed by atoms with E-state index in [4.69, 9.17) is 14.7 Å². The summed E-state index contributed by atoms with van der Waals surface area (Å²) >= 11 is 0.952. The first-order valence-electron chi connectivity index (χ1n) is 12.7. The second-order valence-corrected chi connectivity index (χ2v) is 12.4. The molecule has 226 valence electrons. The van der Waals surface area contributed by atoms with Gasteiger partial charge in [0.25, 0.3) is 5.91 Å². The number of aromatic nitrogens is 2. The van der Waals surface area contributed by atoms with E-state index in [1.807, 2.05) is 19.0 Å². The van der Waals surface area contributed by atoms with Gasteiger partial charge in [0, 0.05) is 31.3 Å². The molecule has 0 saturated carbocycles. The number of nitrogens with zero attached hydrogens (tertiary/aromatic N) is 4. The minimum Gasteiger partial charge on any atom is -0.484 e. The number of carbonyl (C=O) groups is 1. The monoisotopic (exact) mass is 625 g/mol. The standard InChI is InChI=1S/C27H30F3N5O5S2/c1-17(19-8-5-6-9-20(19)27(28,29)30)39-23-15-24(41-25(23)26(31)36)35-16-32-21-11-10-18(14-22(21)35)40-42(37,38)34(4)13-7-12-33(2)3/h5-6,8-11,14-17H,7,12-13H2,1-4H3,(H2,31,36)/t17-/m1/s1. The molecule has 4 aromatic rings. The maximum absolute atomic E-state index is 13.6. The summed E-state index contributed by atoms with van der Waals surface area (Å²) in [5.41, 5.74) is 5.58. The van der Waals surface area contributed by atoms with Crippen molar-refractivity contribution in [1.29, 1.82) is 0 Å². The van der Waals surface area contributed by atoms with Gasteiger partial charge in [0.1, 0.15) is 33.8 Å². The Kier molecular flexibility index (Phi) is 9.15. The highest BCUT2D eigenvalue weighted by atomic mass is 32.2. The molecule has 42 heavy (non-hydrogen) atoms. The molecular weight excluding hydrogens is 595 g/mol. The van der Waals surface area contributed by atoms with Crippen molar-refractivity contribution in [1.82, 2.24) is 18.8 Å². The molecule has 0 radical (unpaired) electrons. The van der Waals surface area contributed by atoms with E-state index in [9.17, 15) is 26.4 Å². The van der Waals surface area contributed by atoms with Crippen LogP contribution >= 0.6 is 11.3 Å². The van der Waals surface area contributed by atoms with E-state index < -0.39 is 34.1 Å². The molecule has 0 aliphatic carbocycles. The van der Waals surface area contributed by atoms with Crippen LogP contribution in [0.3, 0.4) is 0 Å². The van der Waals surface area contributed by atoms with Crippen molar-refractivity contribution in [3.8, 4) is 16.5 Å². The largest absolute Gasteiger partial charge is 0.484 e. The molecular formula is C27H30F3N5O5S2. The van der Waals surface area contributed by atoms with Gasteiger partial charge in [-0.25, -0.2) is 4.98 Å². The summed E-state index contributed by atoms with van der Waals surface area (Å²) < 4.78 is 80.1. The Hall–Kier alpha value is -3.66. The smallest absolute Gasteiger partial charge is 0.416 e. The summed E-state index contributed by atoms with van der Waals surface area (Å²) in [6.07, 6.45) is -3.59. The SMILES string of the molecule is C[C@@H](Oc1cc(-n2cnc3ccc(OS(=O)(=O)N(C)CCCN(C)C)cc32)sc1C(N)=O)c1ccccc1C(F)(F)F. The number of hydrogen-bond donors (Lipinski definition) is 1. The molecule has 0 unspecified atom stereocenters. The molecule has 2 N–H and O–H groups in total. The van der Waals surface area contributed by atoms with Crippen LogP contribution in [-0.4, -0.2) is 67.3 Å². The second kappa shape index (κ2) is 12.3. The fourth-order valence-corrected chi connectivity index (χ4v) is 5.98. The first-order valence-corrected chi connectivity index (χ1v) is 14.9. The Morgan fingerprint density at radius 2 is 1.83 bits per heavy atom. The van der Waals surface area contributed by atoms with Gasteiger partial charge < -0.3 is 19.6 Å². The van der Waals surface area contributed by atoms with Gasteiger partial charge in [0.15, 0.2) is 0 Å². The van der Waals surface area contributed by atoms with Crippen LogP contribution in [0.2, 0.25) is 0 Å². The van der Waals surface area contributed by atoms with Crippen LogP contribution in [0.4, 0.5) is 13.2 Å². The van der Waals surface area contributed by atoms with Crippen molar-refractivity contribution in [2.24, 2.45) is 5.73 Å². The summed E-state index contributed by atoms with van der Waals surface area (Å²) in [4.78, 5) is 18.5. The number of nitrogens with two attached hydrogens (primary N) is 1. The van der Waals surface area contributed by atoms with Crippen LogP contribution in [0.5, 0.6) is 11.5 Å². The van der Waals surface area contributed by atoms with Crippen LogP contribution in [0, 0.1) is 0 Å². The van der Waals surface area contributed by atoms with Gasteiger partial charge in [-0.1, -0.05) is 18.2 Å². The lowest BCUT2D eigenvalue weighted by Crippen LogP contribution is -2.33. The molecule has 0 spiro atoms. The Morgan fingerprint density at radius 1 is 1.12 bits per heavy atom. The quantitative estimate of drug-likeness (QED) is 0.239. The molecule has 0 fully saturated rings. The number of thiophene rings is 1. The van der Waals surface area contributed by atoms with Gasteiger partial charge in [-0.15, -0.1) is 11.3 Å². The van der Waals surface area contributed by atoms with Crippen LogP contribution < -0.4 is 14.7 Å². The number of amides is 1. The van der Waals surface area contributed by atoms with E-state index in [1.165, 1.54) is 56.7 Å². The van der Waals surface area contributed by atoms with E-state index in [1.54, 1.807) is 10.6 Å². The van der Waals surface area contributed by atoms with Crippen LogP contribution in [0.1, 0.15) is 40.2 Å². The Bertz CT molecular complexity index is 1680. The topological polar surface area (TPSA) is 120 Å². The lowest BCUT2D eigenvalue weighted by atomic mass is 10.0. The molecule has 1 amide bonds. The molecule has 2 aromatic heterocycles. The molecule has 15 heteroatoms. The first-order chi connectivity index (χ1) is 19.7. The third kappa shape index (κ3) is 7.03. The molecule has 4 rings (SSSR count). The van der Waals surface area contributed by atoms with E-state index in [-0.39, 0.29) is 28.5 Å². The minimum atomic E-state index is -4.59. The number of alkyl halides is 3. The molecule has 0 aliphatic heterocycles. The number of benzene rings is 2. The van der Waals surface area contributed by atoms with Crippen molar-refractivity contribution in [2.75, 3.05) is 34.2 Å². The highest BCUT2D eigenvalue weighted by Gasteiger charge is 2.35. The lowest BCUT2D eigenvalue weighted by molar-refractivity contribution is -0.139. The van der Waals surface area contributed by atoms with Crippen LogP contribution in [-0.2, 0) is 16.5 Å². The molecule has 2 heterocycles. The molecule has 2 aromatic carbocycles. The summed E-state index contributed by atoms with van der Waals surface area (Å²) in [7, 11) is 1.14. The Balaban J connectivity index is 1.63. The summed E-state index contributed by atoms with van der Waals surface area (Å²) in [5, 5.41) is 0.415. The zero-order valence-corrected chi connectivity index (χ0v) is 24.9. The van der Waals surface area contributed by atoms with Gasteiger partial charge >= 0.3 is 16.5 Å². The number of ether oxygens (including phenoxy) is 1. The van der Waals surface area contributed by atoms with Gasteiger partial charge in [-0.05, 0) is 52.2 Å². The minimum absolute atomic E-state index is 0.00230. The number of rotatable bonds is 12. The van der Waals surface area contributed by atoms with Gasteiger partial charge in [-0.3, -0.25) is 9.36 Å². The van der Waals surface area contributed by atoms with Crippen LogP contribution in [0.15, 0.2) is 54.9 Å². The van der Waals surface area contributed by atoms with E-state index in [0.717, 1.165) is 21.7 Å². The van der Waals surface area contributed by atoms with Crippen molar-refractivity contribution >= 4 is 38.6 Å². The number of fused-ring (bicyclic) bond motifs is 1. The number of halogens is 3. The maximum Gasteiger partial charge on any atom is 0.416 e. The number of primary amides is 1. The van der Waals surface area contributed by atoms with E-state index in [2.05, 4.69) is 4.98 Å². The molecule has 0 bridgehead atoms. The predicted molar refractivity (Wildman–Crippen MR) is 153 cm³/mol. The van der Waals surface area contributed by atoms with Crippen molar-refractivity contribution < 1.29 is 35.3 Å². The molecule has 0 aliphatic rings. The number of hydrogen-bond acceptors (Lipinski definition) is 8. The Morgan fingerprint density at radius 3 is 2.50 bits per heavy atom. The van der Waals surface area contributed by atoms with Gasteiger partial charge in [0.05, 0.1) is 16.6 Å². The third-order valence-electron chi connectivity index (χ3n) is 6.33. The first kappa shape index (κ1) is 31.3. The molecule has 1 atom stereocenters. The average molecular weight is 626 g/mol. The van der Waals surface area contributed by atoms with Gasteiger partial charge in [-0.2, -0.15) is 25.9 Å². The average Bonchev–Trinajstić information content (AvgIpc) is 3.51. The highest BCUT2D eigenvalue weighted by Crippen LogP contribution is 2.39. The normalized spacial score (nSPS) is 13.2. The van der Waals surface area contributed by atoms with E-state index >= 15 is 0 Å². The summed E-state index contributed by atoms with van der Waals surface area (Å²) in [6, 6.07) is 11.0. The fourth-order valence-electron chi connectivity index (χ4n) is 4.23. The zero-order chi connectivity index (χ0) is 30.8. The predicted octanol–water partition coefficient (Wildman–Crippen LogP) is 4.85. The zero-order valence-electron chi connectivity index (χ0n) is 23.3. The third-order valence-corrected chi connectivity index (χ3v) is 8.81. The maximum atomic E-state index is 13.6. The van der Waals surface area contributed by atoms with Crippen molar-refractivity contribution in [3.63, 3.8) is 0 Å². The lowest BCUT2D eigenvalue weighted by Gasteiger charge is -2.19. The molecule has 0 saturated heterocycles. The van der Waals surface area contributed by atoms with Crippen molar-refractivity contribution in [3.05, 3.63) is 70.9 Å². The van der Waals surface area contributed by atoms with Crippen molar-refractivity contribution in [2.45, 2.75) is 25.6 Å². The highest BCUT2D eigenvalue weighted by molar-refractivity contribution is 7.84. The van der Waals surface area contributed by atoms with Crippen LogP contribution in [0.25, 0.3) is 16.0 Å².